The van der Waals surface area contributed by atoms with Crippen molar-refractivity contribution < 1.29 is 19.5 Å². The smallest absolute Gasteiger partial charge is 0.329 e. The molecule has 0 spiro atoms. The number of rotatable bonds is 7. The number of carbonyl (C=O) groups is 3. The van der Waals surface area contributed by atoms with Gasteiger partial charge in [0, 0.05) is 18.5 Å². The molecule has 0 aliphatic rings. The molecule has 0 aliphatic carbocycles. The first-order valence-corrected chi connectivity index (χ1v) is 6.76. The fourth-order valence-electron chi connectivity index (χ4n) is 1.64. The van der Waals surface area contributed by atoms with Crippen LogP contribution in [0.15, 0.2) is 30.3 Å². The van der Waals surface area contributed by atoms with Gasteiger partial charge in [-0.05, 0) is 25.5 Å². The van der Waals surface area contributed by atoms with E-state index in [0.717, 1.165) is 0 Å². The predicted octanol–water partition coefficient (Wildman–Crippen LogP) is 1.18. The molecule has 0 aromatic heterocycles. The molecule has 0 radical (unpaired) electrons. The topological polar surface area (TPSA) is 95.5 Å². The van der Waals surface area contributed by atoms with Crippen LogP contribution < -0.4 is 10.6 Å². The fourth-order valence-corrected chi connectivity index (χ4v) is 1.64. The third-order valence-electron chi connectivity index (χ3n) is 3.27. The summed E-state index contributed by atoms with van der Waals surface area (Å²) in [6, 6.07) is 8.66. The molecule has 3 N–H and O–H groups in total. The molecule has 114 valence electrons. The molecule has 0 saturated carbocycles. The Morgan fingerprint density at radius 3 is 2.33 bits per heavy atom. The van der Waals surface area contributed by atoms with Gasteiger partial charge in [-0.25, -0.2) is 4.79 Å². The van der Waals surface area contributed by atoms with Gasteiger partial charge >= 0.3 is 5.97 Å². The maximum Gasteiger partial charge on any atom is 0.329 e. The first-order valence-electron chi connectivity index (χ1n) is 6.76. The minimum Gasteiger partial charge on any atom is -0.480 e. The van der Waals surface area contributed by atoms with Crippen molar-refractivity contribution in [3.63, 3.8) is 0 Å². The van der Waals surface area contributed by atoms with Crippen LogP contribution in [0.1, 0.15) is 37.0 Å². The summed E-state index contributed by atoms with van der Waals surface area (Å²) in [6.45, 7) is 3.29. The average molecular weight is 292 g/mol. The molecule has 0 aliphatic heterocycles. The van der Waals surface area contributed by atoms with Gasteiger partial charge in [0.1, 0.15) is 5.54 Å². The highest BCUT2D eigenvalue weighted by Crippen LogP contribution is 2.09. The number of aliphatic carboxylic acids is 1. The number of nitrogens with one attached hydrogen (secondary N) is 2. The first kappa shape index (κ1) is 16.7. The molecule has 6 nitrogen and oxygen atoms in total. The highest BCUT2D eigenvalue weighted by atomic mass is 16.4. The fraction of sp³-hybridized carbons (Fsp3) is 0.400. The lowest BCUT2D eigenvalue weighted by atomic mass is 9.99. The Morgan fingerprint density at radius 1 is 1.19 bits per heavy atom. The van der Waals surface area contributed by atoms with Crippen LogP contribution in [0.3, 0.4) is 0 Å². The van der Waals surface area contributed by atoms with E-state index in [1.54, 1.807) is 31.2 Å². The Labute approximate surface area is 123 Å². The van der Waals surface area contributed by atoms with Crippen LogP contribution in [-0.4, -0.2) is 35.0 Å². The van der Waals surface area contributed by atoms with E-state index in [0.29, 0.717) is 5.56 Å². The van der Waals surface area contributed by atoms with Crippen LogP contribution in [0.25, 0.3) is 0 Å². The lowest BCUT2D eigenvalue weighted by molar-refractivity contribution is -0.147. The SMILES string of the molecule is CCC(C)(NC(=O)CCNC(=O)c1ccccc1)C(=O)O. The Hall–Kier alpha value is -2.37. The van der Waals surface area contributed by atoms with E-state index in [9.17, 15) is 14.4 Å². The van der Waals surface area contributed by atoms with Crippen LogP contribution in [-0.2, 0) is 9.59 Å². The number of amides is 2. The summed E-state index contributed by atoms with van der Waals surface area (Å²) in [7, 11) is 0. The van der Waals surface area contributed by atoms with Crippen molar-refractivity contribution in [1.82, 2.24) is 10.6 Å². The summed E-state index contributed by atoms with van der Waals surface area (Å²) in [4.78, 5) is 34.5. The van der Waals surface area contributed by atoms with Gasteiger partial charge in [0.2, 0.25) is 5.91 Å². The first-order chi connectivity index (χ1) is 9.89. The van der Waals surface area contributed by atoms with Gasteiger partial charge < -0.3 is 15.7 Å². The van der Waals surface area contributed by atoms with E-state index in [2.05, 4.69) is 10.6 Å². The summed E-state index contributed by atoms with van der Waals surface area (Å²) in [5.74, 6) is -1.75. The molecular weight excluding hydrogens is 272 g/mol. The molecular formula is C15H20N2O4. The molecule has 1 rings (SSSR count). The second kappa shape index (κ2) is 7.42. The van der Waals surface area contributed by atoms with Crippen LogP contribution >= 0.6 is 0 Å². The zero-order valence-electron chi connectivity index (χ0n) is 12.2. The maximum atomic E-state index is 11.7. The molecule has 0 bridgehead atoms. The van der Waals surface area contributed by atoms with E-state index >= 15 is 0 Å². The Kier molecular flexibility index (Phi) is 5.90. The van der Waals surface area contributed by atoms with Crippen LogP contribution in [0.2, 0.25) is 0 Å². The summed E-state index contributed by atoms with van der Waals surface area (Å²) in [5.41, 5.74) is -0.762. The molecule has 1 unspecified atom stereocenters. The van der Waals surface area contributed by atoms with Crippen LogP contribution in [0, 0.1) is 0 Å². The van der Waals surface area contributed by atoms with E-state index in [1.807, 2.05) is 6.07 Å². The van der Waals surface area contributed by atoms with E-state index in [1.165, 1.54) is 6.92 Å². The monoisotopic (exact) mass is 292 g/mol. The maximum absolute atomic E-state index is 11.7. The summed E-state index contributed by atoms with van der Waals surface area (Å²) >= 11 is 0. The highest BCUT2D eigenvalue weighted by molar-refractivity contribution is 5.94. The number of carboxylic acid groups (broad SMARTS) is 1. The number of carbonyl (C=O) groups excluding carboxylic acids is 2. The third kappa shape index (κ3) is 4.91. The predicted molar refractivity (Wildman–Crippen MR) is 77.9 cm³/mol. The standard InChI is InChI=1S/C15H20N2O4/c1-3-15(2,14(20)21)17-12(18)9-10-16-13(19)11-7-5-4-6-8-11/h4-8H,3,9-10H2,1-2H3,(H,16,19)(H,17,18)(H,20,21). The summed E-state index contributed by atoms with van der Waals surface area (Å²) in [5, 5.41) is 14.1. The normalized spacial score (nSPS) is 13.0. The van der Waals surface area contributed by atoms with Gasteiger partial charge in [0.05, 0.1) is 0 Å². The second-order valence-corrected chi connectivity index (χ2v) is 4.91. The van der Waals surface area contributed by atoms with E-state index < -0.39 is 17.4 Å². The summed E-state index contributed by atoms with van der Waals surface area (Å²) in [6.07, 6.45) is 0.311. The van der Waals surface area contributed by atoms with Gasteiger partial charge in [0.15, 0.2) is 0 Å². The van der Waals surface area contributed by atoms with E-state index in [-0.39, 0.29) is 25.3 Å². The minimum absolute atomic E-state index is 0.0292. The molecule has 0 saturated heterocycles. The van der Waals surface area contributed by atoms with Crippen molar-refractivity contribution in [2.45, 2.75) is 32.2 Å². The molecule has 1 atom stereocenters. The molecule has 1 aromatic carbocycles. The van der Waals surface area contributed by atoms with Crippen LogP contribution in [0.5, 0.6) is 0 Å². The van der Waals surface area contributed by atoms with Gasteiger partial charge in [-0.2, -0.15) is 0 Å². The number of benzene rings is 1. The molecule has 0 heterocycles. The van der Waals surface area contributed by atoms with Crippen molar-refractivity contribution in [2.24, 2.45) is 0 Å². The van der Waals surface area contributed by atoms with Crippen molar-refractivity contribution in [3.05, 3.63) is 35.9 Å². The molecule has 6 heteroatoms. The number of hydrogen-bond donors (Lipinski definition) is 3. The van der Waals surface area contributed by atoms with Gasteiger partial charge in [-0.3, -0.25) is 9.59 Å². The van der Waals surface area contributed by atoms with Crippen molar-refractivity contribution in [1.29, 1.82) is 0 Å². The molecule has 0 fully saturated rings. The van der Waals surface area contributed by atoms with Gasteiger partial charge in [-0.15, -0.1) is 0 Å². The van der Waals surface area contributed by atoms with Gasteiger partial charge in [0.25, 0.3) is 5.91 Å². The van der Waals surface area contributed by atoms with Crippen molar-refractivity contribution in [3.8, 4) is 0 Å². The molecule has 1 aromatic rings. The average Bonchev–Trinajstić information content (AvgIpc) is 2.47. The lowest BCUT2D eigenvalue weighted by Crippen LogP contribution is -2.52. The second-order valence-electron chi connectivity index (χ2n) is 4.91. The number of hydrogen-bond acceptors (Lipinski definition) is 3. The zero-order chi connectivity index (χ0) is 15.9. The Balaban J connectivity index is 2.41. The molecule has 21 heavy (non-hydrogen) atoms. The quantitative estimate of drug-likeness (QED) is 0.703. The lowest BCUT2D eigenvalue weighted by Gasteiger charge is -2.24. The van der Waals surface area contributed by atoms with Gasteiger partial charge in [-0.1, -0.05) is 25.1 Å². The Morgan fingerprint density at radius 2 is 1.81 bits per heavy atom. The molecule has 2 amide bonds. The minimum atomic E-state index is -1.28. The van der Waals surface area contributed by atoms with Crippen LogP contribution in [0.4, 0.5) is 0 Å². The largest absolute Gasteiger partial charge is 0.480 e. The Bertz CT molecular complexity index is 516. The van der Waals surface area contributed by atoms with E-state index in [4.69, 9.17) is 5.11 Å². The number of carboxylic acids is 1. The highest BCUT2D eigenvalue weighted by Gasteiger charge is 2.32. The zero-order valence-corrected chi connectivity index (χ0v) is 12.2. The van der Waals surface area contributed by atoms with Crippen molar-refractivity contribution in [2.75, 3.05) is 6.54 Å². The van der Waals surface area contributed by atoms with Crippen molar-refractivity contribution >= 4 is 17.8 Å². The third-order valence-corrected chi connectivity index (χ3v) is 3.27. The summed E-state index contributed by atoms with van der Waals surface area (Å²) < 4.78 is 0.